The minimum Gasteiger partial charge on any atom is -0.372 e. The third kappa shape index (κ3) is 3.56. The third-order valence-corrected chi connectivity index (χ3v) is 4.35. The van der Waals surface area contributed by atoms with Gasteiger partial charge in [-0.25, -0.2) is 4.98 Å². The van der Waals surface area contributed by atoms with Gasteiger partial charge in [0.15, 0.2) is 0 Å². The molecule has 0 saturated heterocycles. The number of hydrogen-bond acceptors (Lipinski definition) is 3. The maximum absolute atomic E-state index is 9.55. The lowest BCUT2D eigenvalue weighted by Gasteiger charge is -2.20. The summed E-state index contributed by atoms with van der Waals surface area (Å²) in [7, 11) is 0. The zero-order valence-corrected chi connectivity index (χ0v) is 14.9. The van der Waals surface area contributed by atoms with E-state index in [9.17, 15) is 5.26 Å². The molecule has 1 N–H and O–H groups in total. The van der Waals surface area contributed by atoms with Crippen LogP contribution in [0.3, 0.4) is 0 Å². The van der Waals surface area contributed by atoms with E-state index < -0.39 is 0 Å². The Hall–Kier alpha value is -3.06. The minimum atomic E-state index is 0.532. The maximum atomic E-state index is 9.55. The van der Waals surface area contributed by atoms with Crippen LogP contribution in [0.4, 0.5) is 5.69 Å². The average Bonchev–Trinajstić information content (AvgIpc) is 3.04. The van der Waals surface area contributed by atoms with Crippen molar-refractivity contribution in [2.24, 2.45) is 0 Å². The van der Waals surface area contributed by atoms with Crippen LogP contribution in [0.25, 0.3) is 22.7 Å². The number of aromatic amines is 1. The van der Waals surface area contributed by atoms with Gasteiger partial charge in [-0.15, -0.1) is 0 Å². The Labute approximate surface area is 148 Å². The normalized spacial score (nSPS) is 11.5. The zero-order chi connectivity index (χ0) is 17.8. The molecule has 3 rings (SSSR count). The summed E-state index contributed by atoms with van der Waals surface area (Å²) in [4.78, 5) is 10.1. The summed E-state index contributed by atoms with van der Waals surface area (Å²) in [6.45, 7) is 8.29. The first kappa shape index (κ1) is 16.8. The number of nitriles is 1. The molecule has 0 spiro atoms. The molecule has 0 aliphatic heterocycles. The molecule has 0 radical (unpaired) electrons. The van der Waals surface area contributed by atoms with E-state index in [1.54, 1.807) is 0 Å². The van der Waals surface area contributed by atoms with Gasteiger partial charge in [0.05, 0.1) is 16.6 Å². The first-order valence-corrected chi connectivity index (χ1v) is 8.58. The standard InChI is InChI=1S/C21H22N4/c1-4-25(5-2)18-9-7-16(8-10-18)13-17(14-22)21-23-19-11-6-15(3)12-20(19)24-21/h6-13H,4-5H2,1-3H3,(H,23,24). The number of imidazole rings is 1. The highest BCUT2D eigenvalue weighted by molar-refractivity contribution is 5.90. The lowest BCUT2D eigenvalue weighted by molar-refractivity contribution is 0.866. The summed E-state index contributed by atoms with van der Waals surface area (Å²) >= 11 is 0. The summed E-state index contributed by atoms with van der Waals surface area (Å²) in [5.74, 6) is 0.607. The monoisotopic (exact) mass is 330 g/mol. The Morgan fingerprint density at radius 1 is 1.16 bits per heavy atom. The first-order chi connectivity index (χ1) is 12.1. The molecule has 1 aromatic heterocycles. The highest BCUT2D eigenvalue weighted by Crippen LogP contribution is 2.21. The van der Waals surface area contributed by atoms with Crippen molar-refractivity contribution in [3.05, 3.63) is 59.4 Å². The summed E-state index contributed by atoms with van der Waals surface area (Å²) < 4.78 is 0. The Bertz CT molecular complexity index is 938. The molecule has 1 heterocycles. The molecule has 4 heteroatoms. The van der Waals surface area contributed by atoms with Gasteiger partial charge in [0.1, 0.15) is 11.9 Å². The summed E-state index contributed by atoms with van der Waals surface area (Å²) in [6.07, 6.45) is 1.87. The van der Waals surface area contributed by atoms with Gasteiger partial charge >= 0.3 is 0 Å². The predicted molar refractivity (Wildman–Crippen MR) is 104 cm³/mol. The van der Waals surface area contributed by atoms with E-state index in [1.807, 2.05) is 43.3 Å². The molecule has 0 aliphatic carbocycles. The van der Waals surface area contributed by atoms with E-state index in [0.29, 0.717) is 11.4 Å². The Balaban J connectivity index is 1.92. The van der Waals surface area contributed by atoms with Gasteiger partial charge in [-0.05, 0) is 62.2 Å². The van der Waals surface area contributed by atoms with E-state index >= 15 is 0 Å². The number of aromatic nitrogens is 2. The van der Waals surface area contributed by atoms with Crippen molar-refractivity contribution in [3.63, 3.8) is 0 Å². The molecule has 0 saturated carbocycles. The molecule has 0 bridgehead atoms. The number of nitrogens with one attached hydrogen (secondary N) is 1. The van der Waals surface area contributed by atoms with Crippen LogP contribution in [0.15, 0.2) is 42.5 Å². The first-order valence-electron chi connectivity index (χ1n) is 8.58. The Kier molecular flexibility index (Phi) is 4.85. The molecule has 0 fully saturated rings. The Morgan fingerprint density at radius 2 is 1.88 bits per heavy atom. The van der Waals surface area contributed by atoms with Crippen LogP contribution in [-0.2, 0) is 0 Å². The van der Waals surface area contributed by atoms with Crippen LogP contribution in [0.2, 0.25) is 0 Å². The van der Waals surface area contributed by atoms with E-state index in [4.69, 9.17) is 0 Å². The fourth-order valence-corrected chi connectivity index (χ4v) is 2.94. The van der Waals surface area contributed by atoms with Crippen LogP contribution in [0.5, 0.6) is 0 Å². The second-order valence-corrected chi connectivity index (χ2v) is 6.04. The quantitative estimate of drug-likeness (QED) is 0.685. The number of benzene rings is 2. The largest absolute Gasteiger partial charge is 0.372 e. The van der Waals surface area contributed by atoms with Crippen LogP contribution < -0.4 is 4.90 Å². The van der Waals surface area contributed by atoms with Crippen molar-refractivity contribution in [2.45, 2.75) is 20.8 Å². The highest BCUT2D eigenvalue weighted by Gasteiger charge is 2.08. The molecule has 25 heavy (non-hydrogen) atoms. The highest BCUT2D eigenvalue weighted by atomic mass is 15.1. The minimum absolute atomic E-state index is 0.532. The zero-order valence-electron chi connectivity index (χ0n) is 14.9. The molecule has 126 valence electrons. The second kappa shape index (κ2) is 7.23. The number of hydrogen-bond donors (Lipinski definition) is 1. The fraction of sp³-hybridized carbons (Fsp3) is 0.238. The second-order valence-electron chi connectivity index (χ2n) is 6.04. The number of nitrogens with zero attached hydrogens (tertiary/aromatic N) is 3. The van der Waals surface area contributed by atoms with Gasteiger partial charge in [0.2, 0.25) is 0 Å². The average molecular weight is 330 g/mol. The summed E-state index contributed by atoms with van der Waals surface area (Å²) in [5.41, 5.74) is 5.71. The molecular weight excluding hydrogens is 308 g/mol. The number of allylic oxidation sites excluding steroid dienone is 1. The summed E-state index contributed by atoms with van der Waals surface area (Å²) in [6, 6.07) is 16.6. The smallest absolute Gasteiger partial charge is 0.149 e. The molecule has 2 aromatic carbocycles. The van der Waals surface area contributed by atoms with E-state index in [1.165, 1.54) is 5.69 Å². The van der Waals surface area contributed by atoms with Gasteiger partial charge in [-0.2, -0.15) is 5.26 Å². The molecular formula is C21H22N4. The number of rotatable bonds is 5. The van der Waals surface area contributed by atoms with E-state index in [2.05, 4.69) is 46.9 Å². The number of H-pyrrole nitrogens is 1. The third-order valence-electron chi connectivity index (χ3n) is 4.35. The maximum Gasteiger partial charge on any atom is 0.149 e. The van der Waals surface area contributed by atoms with Gasteiger partial charge in [-0.1, -0.05) is 18.2 Å². The van der Waals surface area contributed by atoms with Crippen LogP contribution in [0, 0.1) is 18.3 Å². The molecule has 4 nitrogen and oxygen atoms in total. The molecule has 0 atom stereocenters. The van der Waals surface area contributed by atoms with E-state index in [0.717, 1.165) is 35.2 Å². The van der Waals surface area contributed by atoms with Crippen molar-refractivity contribution < 1.29 is 0 Å². The summed E-state index contributed by atoms with van der Waals surface area (Å²) in [5, 5.41) is 9.55. The fourth-order valence-electron chi connectivity index (χ4n) is 2.94. The van der Waals surface area contributed by atoms with Crippen molar-refractivity contribution >= 4 is 28.4 Å². The Morgan fingerprint density at radius 3 is 2.52 bits per heavy atom. The predicted octanol–water partition coefficient (Wildman–Crippen LogP) is 4.78. The van der Waals surface area contributed by atoms with Gasteiger partial charge in [0, 0.05) is 18.8 Å². The molecule has 0 amide bonds. The van der Waals surface area contributed by atoms with Crippen LogP contribution in [0.1, 0.15) is 30.8 Å². The molecule has 0 aliphatic rings. The molecule has 3 aromatic rings. The van der Waals surface area contributed by atoms with Crippen molar-refractivity contribution in [1.82, 2.24) is 9.97 Å². The van der Waals surface area contributed by atoms with Gasteiger partial charge < -0.3 is 9.88 Å². The van der Waals surface area contributed by atoms with Crippen molar-refractivity contribution in [2.75, 3.05) is 18.0 Å². The lowest BCUT2D eigenvalue weighted by Crippen LogP contribution is -2.21. The van der Waals surface area contributed by atoms with Gasteiger partial charge in [-0.3, -0.25) is 0 Å². The number of anilines is 1. The lowest BCUT2D eigenvalue weighted by atomic mass is 10.1. The SMILES string of the molecule is CCN(CC)c1ccc(C=C(C#N)c2nc3ccc(C)cc3[nH]2)cc1. The number of aryl methyl sites for hydroxylation is 1. The van der Waals surface area contributed by atoms with E-state index in [-0.39, 0.29) is 0 Å². The van der Waals surface area contributed by atoms with Crippen molar-refractivity contribution in [3.8, 4) is 6.07 Å². The van der Waals surface area contributed by atoms with Crippen LogP contribution >= 0.6 is 0 Å². The van der Waals surface area contributed by atoms with Crippen LogP contribution in [-0.4, -0.2) is 23.1 Å². The van der Waals surface area contributed by atoms with Gasteiger partial charge in [0.25, 0.3) is 0 Å². The number of fused-ring (bicyclic) bond motifs is 1. The molecule has 0 unspecified atom stereocenters. The van der Waals surface area contributed by atoms with Crippen molar-refractivity contribution in [1.29, 1.82) is 5.26 Å². The topological polar surface area (TPSA) is 55.7 Å².